The molecule has 0 fully saturated rings. The highest BCUT2D eigenvalue weighted by Crippen LogP contribution is 2.04. The summed E-state index contributed by atoms with van der Waals surface area (Å²) in [4.78, 5) is 0. The molecule has 1 unspecified atom stereocenters. The molecule has 0 radical (unpaired) electrons. The fourth-order valence-corrected chi connectivity index (χ4v) is 0.483. The zero-order chi connectivity index (χ0) is 8.15. The first kappa shape index (κ1) is 13.5. The second-order valence-corrected chi connectivity index (χ2v) is 3.36. The van der Waals surface area contributed by atoms with Crippen LogP contribution in [-0.2, 0) is 4.74 Å². The van der Waals surface area contributed by atoms with E-state index in [1.807, 2.05) is 13.8 Å². The van der Waals surface area contributed by atoms with E-state index in [1.54, 1.807) is 0 Å². The summed E-state index contributed by atoms with van der Waals surface area (Å²) in [6.07, 6.45) is -0.595. The maximum atomic E-state index is 9.15. The molecule has 11 heavy (non-hydrogen) atoms. The van der Waals surface area contributed by atoms with Gasteiger partial charge in [0.15, 0.2) is 6.29 Å². The number of aliphatic hydroxyl groups excluding tert-OH is 1. The van der Waals surface area contributed by atoms with Crippen molar-refractivity contribution < 1.29 is 9.84 Å². The number of hydrogen-bond donors (Lipinski definition) is 2. The summed E-state index contributed by atoms with van der Waals surface area (Å²) >= 11 is 0. The fraction of sp³-hybridized carbons (Fsp3) is 1.00. The van der Waals surface area contributed by atoms with Crippen molar-refractivity contribution in [3.63, 3.8) is 0 Å². The smallest absolute Gasteiger partial charge is 0.156 e. The molecular formula is C8H21NO2. The first-order valence-corrected chi connectivity index (χ1v) is 3.83. The summed E-state index contributed by atoms with van der Waals surface area (Å²) in [6.45, 7) is 8.63. The monoisotopic (exact) mass is 163 g/mol. The van der Waals surface area contributed by atoms with Crippen LogP contribution in [0.5, 0.6) is 0 Å². The summed E-state index contributed by atoms with van der Waals surface area (Å²) in [5.74, 6) is 0.687. The third-order valence-corrected chi connectivity index (χ3v) is 1.17. The molecule has 0 aliphatic heterocycles. The Bertz CT molecular complexity index is 84.2. The summed E-state index contributed by atoms with van der Waals surface area (Å²) in [6, 6.07) is 0. The molecule has 70 valence electrons. The molecule has 0 saturated carbocycles. The van der Waals surface area contributed by atoms with E-state index in [0.29, 0.717) is 12.5 Å². The predicted molar refractivity (Wildman–Crippen MR) is 46.7 cm³/mol. The minimum Gasteiger partial charge on any atom is -0.368 e. The summed E-state index contributed by atoms with van der Waals surface area (Å²) in [5, 5.41) is 9.15. The topological polar surface area (TPSA) is 64.5 Å². The molecule has 0 saturated heterocycles. The van der Waals surface area contributed by atoms with Gasteiger partial charge in [0.2, 0.25) is 0 Å². The first-order valence-electron chi connectivity index (χ1n) is 3.83. The van der Waals surface area contributed by atoms with Crippen molar-refractivity contribution >= 4 is 0 Å². The highest BCUT2D eigenvalue weighted by molar-refractivity contribution is 4.48. The van der Waals surface area contributed by atoms with E-state index < -0.39 is 6.29 Å². The molecule has 0 amide bonds. The largest absolute Gasteiger partial charge is 0.368 e. The quantitative estimate of drug-likeness (QED) is 0.621. The molecule has 0 aromatic heterocycles. The second kappa shape index (κ2) is 6.58. The van der Waals surface area contributed by atoms with Gasteiger partial charge in [0.25, 0.3) is 0 Å². The van der Waals surface area contributed by atoms with Crippen molar-refractivity contribution in [2.45, 2.75) is 34.0 Å². The van der Waals surface area contributed by atoms with Crippen molar-refractivity contribution in [2.75, 3.05) is 6.61 Å². The van der Waals surface area contributed by atoms with Crippen molar-refractivity contribution in [3.05, 3.63) is 0 Å². The Hall–Kier alpha value is -0.120. The third-order valence-electron chi connectivity index (χ3n) is 1.17. The van der Waals surface area contributed by atoms with E-state index >= 15 is 0 Å². The molecule has 4 N–H and O–H groups in total. The maximum absolute atomic E-state index is 9.15. The Morgan fingerprint density at radius 3 is 1.91 bits per heavy atom. The SMILES string of the molecule is CC(C)COC(O)C(C)C.N. The number of ether oxygens (including phenoxy) is 1. The Labute approximate surface area is 69.3 Å². The van der Waals surface area contributed by atoms with Crippen LogP contribution >= 0.6 is 0 Å². The molecule has 3 nitrogen and oxygen atoms in total. The molecule has 0 bridgehead atoms. The van der Waals surface area contributed by atoms with Crippen LogP contribution in [0.25, 0.3) is 0 Å². The maximum Gasteiger partial charge on any atom is 0.156 e. The Morgan fingerprint density at radius 1 is 1.18 bits per heavy atom. The zero-order valence-corrected chi connectivity index (χ0v) is 8.00. The Balaban J connectivity index is 0. The van der Waals surface area contributed by atoms with E-state index in [9.17, 15) is 0 Å². The molecule has 0 aliphatic rings. The van der Waals surface area contributed by atoms with Gasteiger partial charge < -0.3 is 16.0 Å². The Kier molecular flexibility index (Phi) is 8.06. The molecule has 0 spiro atoms. The number of rotatable bonds is 4. The summed E-state index contributed by atoms with van der Waals surface area (Å²) < 4.78 is 5.12. The minimum atomic E-state index is -0.595. The molecule has 0 heterocycles. The van der Waals surface area contributed by atoms with Crippen molar-refractivity contribution in [1.29, 1.82) is 0 Å². The van der Waals surface area contributed by atoms with E-state index in [2.05, 4.69) is 13.8 Å². The van der Waals surface area contributed by atoms with Gasteiger partial charge in [0.05, 0.1) is 6.61 Å². The lowest BCUT2D eigenvalue weighted by molar-refractivity contribution is -0.132. The van der Waals surface area contributed by atoms with E-state index in [-0.39, 0.29) is 12.1 Å². The van der Waals surface area contributed by atoms with Crippen LogP contribution in [0.1, 0.15) is 27.7 Å². The lowest BCUT2D eigenvalue weighted by Crippen LogP contribution is -2.21. The lowest BCUT2D eigenvalue weighted by Gasteiger charge is -2.16. The van der Waals surface area contributed by atoms with E-state index in [4.69, 9.17) is 9.84 Å². The van der Waals surface area contributed by atoms with Gasteiger partial charge in [-0.3, -0.25) is 0 Å². The first-order chi connectivity index (χ1) is 4.54. The van der Waals surface area contributed by atoms with Gasteiger partial charge in [-0.25, -0.2) is 0 Å². The summed E-state index contributed by atoms with van der Waals surface area (Å²) in [7, 11) is 0. The van der Waals surface area contributed by atoms with Crippen LogP contribution in [-0.4, -0.2) is 18.0 Å². The zero-order valence-electron chi connectivity index (χ0n) is 8.00. The normalized spacial score (nSPS) is 13.4. The highest BCUT2D eigenvalue weighted by atomic mass is 16.6. The van der Waals surface area contributed by atoms with E-state index in [0.717, 1.165) is 0 Å². The molecule has 0 aromatic rings. The average molecular weight is 163 g/mol. The van der Waals surface area contributed by atoms with Crippen molar-refractivity contribution in [3.8, 4) is 0 Å². The standard InChI is InChI=1S/C8H18O2.H3N/c1-6(2)5-10-8(9)7(3)4;/h6-9H,5H2,1-4H3;1H3. The van der Waals surface area contributed by atoms with Crippen LogP contribution in [0.4, 0.5) is 0 Å². The molecule has 0 aromatic carbocycles. The van der Waals surface area contributed by atoms with Crippen LogP contribution in [0.3, 0.4) is 0 Å². The molecule has 1 atom stereocenters. The predicted octanol–water partition coefficient (Wildman–Crippen LogP) is 1.80. The van der Waals surface area contributed by atoms with Crippen LogP contribution < -0.4 is 6.15 Å². The van der Waals surface area contributed by atoms with Gasteiger partial charge in [-0.2, -0.15) is 0 Å². The van der Waals surface area contributed by atoms with E-state index in [1.165, 1.54) is 0 Å². The third kappa shape index (κ3) is 7.78. The second-order valence-electron chi connectivity index (χ2n) is 3.36. The van der Waals surface area contributed by atoms with Crippen LogP contribution in [0, 0.1) is 11.8 Å². The van der Waals surface area contributed by atoms with Crippen molar-refractivity contribution in [2.24, 2.45) is 11.8 Å². The van der Waals surface area contributed by atoms with Crippen LogP contribution in [0.15, 0.2) is 0 Å². The number of hydrogen-bond acceptors (Lipinski definition) is 3. The van der Waals surface area contributed by atoms with Gasteiger partial charge in [0.1, 0.15) is 0 Å². The summed E-state index contributed by atoms with van der Waals surface area (Å²) in [5.41, 5.74) is 0. The lowest BCUT2D eigenvalue weighted by atomic mass is 10.2. The van der Waals surface area contributed by atoms with Crippen molar-refractivity contribution in [1.82, 2.24) is 6.15 Å². The molecule has 0 rings (SSSR count). The molecular weight excluding hydrogens is 142 g/mol. The molecule has 3 heteroatoms. The van der Waals surface area contributed by atoms with Gasteiger partial charge in [-0.05, 0) is 5.92 Å². The van der Waals surface area contributed by atoms with Gasteiger partial charge in [-0.15, -0.1) is 0 Å². The van der Waals surface area contributed by atoms with Gasteiger partial charge in [-0.1, -0.05) is 27.7 Å². The average Bonchev–Trinajstić information content (AvgIpc) is 1.82. The van der Waals surface area contributed by atoms with Crippen LogP contribution in [0.2, 0.25) is 0 Å². The van der Waals surface area contributed by atoms with Gasteiger partial charge >= 0.3 is 0 Å². The highest BCUT2D eigenvalue weighted by Gasteiger charge is 2.08. The molecule has 0 aliphatic carbocycles. The fourth-order valence-electron chi connectivity index (χ4n) is 0.483. The Morgan fingerprint density at radius 2 is 1.64 bits per heavy atom. The minimum absolute atomic E-state index is 0. The van der Waals surface area contributed by atoms with Gasteiger partial charge in [0, 0.05) is 5.92 Å². The number of aliphatic hydroxyl groups is 1.